The van der Waals surface area contributed by atoms with E-state index < -0.39 is 9.84 Å². The lowest BCUT2D eigenvalue weighted by Gasteiger charge is -2.11. The van der Waals surface area contributed by atoms with E-state index >= 15 is 0 Å². The molecule has 2 aromatic rings. The summed E-state index contributed by atoms with van der Waals surface area (Å²) >= 11 is 0. The normalized spacial score (nSPS) is 11.3. The highest BCUT2D eigenvalue weighted by molar-refractivity contribution is 7.90. The number of nitrogens with two attached hydrogens (primary N) is 1. The first-order valence-corrected chi connectivity index (χ1v) is 7.75. The van der Waals surface area contributed by atoms with Gasteiger partial charge in [0, 0.05) is 18.5 Å². The molecule has 100 valence electrons. The predicted molar refractivity (Wildman–Crippen MR) is 77.2 cm³/mol. The monoisotopic (exact) mass is 276 g/mol. The molecule has 0 atom stereocenters. The molecule has 4 nitrogen and oxygen atoms in total. The van der Waals surface area contributed by atoms with Crippen molar-refractivity contribution in [3.63, 3.8) is 0 Å². The number of benzene rings is 2. The van der Waals surface area contributed by atoms with Crippen LogP contribution < -0.4 is 11.1 Å². The lowest BCUT2D eigenvalue weighted by molar-refractivity contribution is 0.602. The van der Waals surface area contributed by atoms with Crippen LogP contribution >= 0.6 is 0 Å². The van der Waals surface area contributed by atoms with Crippen molar-refractivity contribution in [2.45, 2.75) is 11.4 Å². The Bertz CT molecular complexity index is 681. The van der Waals surface area contributed by atoms with Crippen molar-refractivity contribution in [3.05, 3.63) is 54.1 Å². The minimum Gasteiger partial charge on any atom is -0.354 e. The van der Waals surface area contributed by atoms with E-state index in [1.54, 1.807) is 24.3 Å². The maximum absolute atomic E-state index is 11.7. The third kappa shape index (κ3) is 3.33. The number of para-hydroxylation sites is 1. The summed E-state index contributed by atoms with van der Waals surface area (Å²) in [6.45, 7) is 0.448. The quantitative estimate of drug-likeness (QED) is 0.898. The minimum atomic E-state index is -3.26. The summed E-state index contributed by atoms with van der Waals surface area (Å²) in [5, 5.41) is 3.12. The summed E-state index contributed by atoms with van der Waals surface area (Å²) in [7, 11) is -3.26. The van der Waals surface area contributed by atoms with Crippen LogP contribution in [-0.4, -0.2) is 14.7 Å². The Balaban J connectivity index is 2.38. The Morgan fingerprint density at radius 1 is 1.11 bits per heavy atom. The molecule has 0 heterocycles. The van der Waals surface area contributed by atoms with Crippen molar-refractivity contribution in [1.29, 1.82) is 0 Å². The number of nitrogens with one attached hydrogen (secondary N) is 1. The van der Waals surface area contributed by atoms with Gasteiger partial charge in [0.25, 0.3) is 0 Å². The molecule has 0 aliphatic rings. The standard InChI is InChI=1S/C14H16N2O2S/c1-19(17,18)14-8-3-2-7-13(14)16-12-6-4-5-11(9-12)10-15/h2-9,16H,10,15H2,1H3. The Morgan fingerprint density at radius 2 is 1.84 bits per heavy atom. The fraction of sp³-hybridized carbons (Fsp3) is 0.143. The molecule has 0 aromatic heterocycles. The van der Waals surface area contributed by atoms with Gasteiger partial charge in [-0.15, -0.1) is 0 Å². The molecule has 0 aliphatic carbocycles. The van der Waals surface area contributed by atoms with Gasteiger partial charge in [0.2, 0.25) is 0 Å². The zero-order chi connectivity index (χ0) is 13.9. The highest BCUT2D eigenvalue weighted by Crippen LogP contribution is 2.25. The highest BCUT2D eigenvalue weighted by Gasteiger charge is 2.12. The van der Waals surface area contributed by atoms with E-state index in [-0.39, 0.29) is 4.90 Å². The molecule has 0 saturated carbocycles. The van der Waals surface area contributed by atoms with Gasteiger partial charge in [-0.05, 0) is 29.8 Å². The van der Waals surface area contributed by atoms with Crippen LogP contribution in [-0.2, 0) is 16.4 Å². The zero-order valence-corrected chi connectivity index (χ0v) is 11.4. The molecule has 0 saturated heterocycles. The van der Waals surface area contributed by atoms with Crippen LogP contribution in [0, 0.1) is 0 Å². The maximum Gasteiger partial charge on any atom is 0.177 e. The molecular weight excluding hydrogens is 260 g/mol. The van der Waals surface area contributed by atoms with Crippen LogP contribution in [0.1, 0.15) is 5.56 Å². The first kappa shape index (κ1) is 13.6. The van der Waals surface area contributed by atoms with Crippen LogP contribution in [0.2, 0.25) is 0 Å². The van der Waals surface area contributed by atoms with Gasteiger partial charge in [0.15, 0.2) is 9.84 Å². The molecule has 0 fully saturated rings. The topological polar surface area (TPSA) is 72.2 Å². The third-order valence-corrected chi connectivity index (χ3v) is 3.88. The number of rotatable bonds is 4. The van der Waals surface area contributed by atoms with Crippen LogP contribution in [0.4, 0.5) is 11.4 Å². The number of hydrogen-bond donors (Lipinski definition) is 2. The Morgan fingerprint density at radius 3 is 2.53 bits per heavy atom. The number of anilines is 2. The van der Waals surface area contributed by atoms with Crippen LogP contribution in [0.25, 0.3) is 0 Å². The van der Waals surface area contributed by atoms with Gasteiger partial charge in [0.1, 0.15) is 0 Å². The van der Waals surface area contributed by atoms with Crippen molar-refractivity contribution in [2.24, 2.45) is 5.73 Å². The van der Waals surface area contributed by atoms with E-state index in [1.807, 2.05) is 24.3 Å². The maximum atomic E-state index is 11.7. The first-order valence-electron chi connectivity index (χ1n) is 5.86. The molecule has 5 heteroatoms. The second-order valence-corrected chi connectivity index (χ2v) is 6.28. The SMILES string of the molecule is CS(=O)(=O)c1ccccc1Nc1cccc(CN)c1. The van der Waals surface area contributed by atoms with Crippen molar-refractivity contribution in [3.8, 4) is 0 Å². The summed E-state index contributed by atoms with van der Waals surface area (Å²) in [6, 6.07) is 14.4. The second kappa shape index (κ2) is 5.42. The van der Waals surface area contributed by atoms with Gasteiger partial charge in [-0.1, -0.05) is 24.3 Å². The van der Waals surface area contributed by atoms with E-state index in [1.165, 1.54) is 6.26 Å². The summed E-state index contributed by atoms with van der Waals surface area (Å²) in [5.74, 6) is 0. The Labute approximate surface area is 113 Å². The number of sulfone groups is 1. The van der Waals surface area contributed by atoms with Crippen molar-refractivity contribution in [1.82, 2.24) is 0 Å². The van der Waals surface area contributed by atoms with Crippen molar-refractivity contribution >= 4 is 21.2 Å². The summed E-state index contributed by atoms with van der Waals surface area (Å²) in [5.41, 5.74) is 7.96. The van der Waals surface area contributed by atoms with Crippen LogP contribution in [0.5, 0.6) is 0 Å². The average molecular weight is 276 g/mol. The second-order valence-electron chi connectivity index (χ2n) is 4.30. The van der Waals surface area contributed by atoms with Gasteiger partial charge < -0.3 is 11.1 Å². The van der Waals surface area contributed by atoms with E-state index in [0.717, 1.165) is 11.3 Å². The van der Waals surface area contributed by atoms with E-state index in [4.69, 9.17) is 5.73 Å². The molecule has 2 aromatic carbocycles. The summed E-state index contributed by atoms with van der Waals surface area (Å²) < 4.78 is 23.4. The molecular formula is C14H16N2O2S. The molecule has 0 aliphatic heterocycles. The highest BCUT2D eigenvalue weighted by atomic mass is 32.2. The van der Waals surface area contributed by atoms with Gasteiger partial charge in [-0.25, -0.2) is 8.42 Å². The molecule has 2 rings (SSSR count). The molecule has 0 amide bonds. The largest absolute Gasteiger partial charge is 0.354 e. The average Bonchev–Trinajstić information content (AvgIpc) is 2.38. The molecule has 19 heavy (non-hydrogen) atoms. The Kier molecular flexibility index (Phi) is 3.87. The van der Waals surface area contributed by atoms with E-state index in [9.17, 15) is 8.42 Å². The minimum absolute atomic E-state index is 0.285. The molecule has 3 N–H and O–H groups in total. The van der Waals surface area contributed by atoms with Crippen molar-refractivity contribution in [2.75, 3.05) is 11.6 Å². The Hall–Kier alpha value is -1.85. The summed E-state index contributed by atoms with van der Waals surface area (Å²) in [4.78, 5) is 0.285. The van der Waals surface area contributed by atoms with Gasteiger partial charge in [-0.3, -0.25) is 0 Å². The lowest BCUT2D eigenvalue weighted by atomic mass is 10.2. The molecule has 0 spiro atoms. The third-order valence-electron chi connectivity index (χ3n) is 2.73. The molecule has 0 bridgehead atoms. The van der Waals surface area contributed by atoms with Crippen LogP contribution in [0.15, 0.2) is 53.4 Å². The summed E-state index contributed by atoms with van der Waals surface area (Å²) in [6.07, 6.45) is 1.20. The van der Waals surface area contributed by atoms with Gasteiger partial charge in [-0.2, -0.15) is 0 Å². The smallest absolute Gasteiger partial charge is 0.177 e. The molecule has 0 radical (unpaired) electrons. The zero-order valence-electron chi connectivity index (χ0n) is 10.6. The predicted octanol–water partition coefficient (Wildman–Crippen LogP) is 2.29. The van der Waals surface area contributed by atoms with Gasteiger partial charge >= 0.3 is 0 Å². The molecule has 0 unspecified atom stereocenters. The number of hydrogen-bond acceptors (Lipinski definition) is 4. The fourth-order valence-corrected chi connectivity index (χ4v) is 2.67. The van der Waals surface area contributed by atoms with Crippen molar-refractivity contribution < 1.29 is 8.42 Å². The van der Waals surface area contributed by atoms with Gasteiger partial charge in [0.05, 0.1) is 10.6 Å². The van der Waals surface area contributed by atoms with E-state index in [2.05, 4.69) is 5.32 Å². The lowest BCUT2D eigenvalue weighted by Crippen LogP contribution is -2.03. The van der Waals surface area contributed by atoms with E-state index in [0.29, 0.717) is 12.2 Å². The first-order chi connectivity index (χ1) is 9.00. The van der Waals surface area contributed by atoms with Crippen LogP contribution in [0.3, 0.4) is 0 Å². The fourth-order valence-electron chi connectivity index (χ4n) is 1.82.